The SMILES string of the molecule is COc1cc([Si](C)(C)C)c([Si](C)(C)C)cc1OC. The van der Waals surface area contributed by atoms with Crippen molar-refractivity contribution in [2.45, 2.75) is 39.3 Å². The van der Waals surface area contributed by atoms with Crippen LogP contribution in [0.4, 0.5) is 0 Å². The molecule has 0 radical (unpaired) electrons. The molecule has 4 heteroatoms. The predicted molar refractivity (Wildman–Crippen MR) is 85.5 cm³/mol. The Hall–Kier alpha value is -0.746. The second kappa shape index (κ2) is 5.09. The van der Waals surface area contributed by atoms with Crippen molar-refractivity contribution in [3.05, 3.63) is 12.1 Å². The van der Waals surface area contributed by atoms with Crippen LogP contribution in [0.15, 0.2) is 12.1 Å². The minimum Gasteiger partial charge on any atom is -0.493 e. The molecule has 0 aliphatic rings. The highest BCUT2D eigenvalue weighted by molar-refractivity contribution is 6.98. The summed E-state index contributed by atoms with van der Waals surface area (Å²) < 4.78 is 10.9. The summed E-state index contributed by atoms with van der Waals surface area (Å²) in [6.07, 6.45) is 0. The lowest BCUT2D eigenvalue weighted by molar-refractivity contribution is 0.355. The molecule has 1 rings (SSSR count). The zero-order valence-corrected chi connectivity index (χ0v) is 15.0. The van der Waals surface area contributed by atoms with Gasteiger partial charge in [-0.15, -0.1) is 0 Å². The molecule has 0 aromatic heterocycles. The summed E-state index contributed by atoms with van der Waals surface area (Å²) in [5.41, 5.74) is 0. The van der Waals surface area contributed by atoms with Gasteiger partial charge in [-0.2, -0.15) is 0 Å². The number of benzene rings is 1. The Labute approximate surface area is 113 Å². The first-order valence-corrected chi connectivity index (χ1v) is 13.4. The average Bonchev–Trinajstić information content (AvgIpc) is 2.24. The van der Waals surface area contributed by atoms with Crippen LogP contribution in [0.5, 0.6) is 11.5 Å². The molecule has 1 aromatic carbocycles. The van der Waals surface area contributed by atoms with Gasteiger partial charge in [0.05, 0.1) is 30.4 Å². The Morgan fingerprint density at radius 2 is 0.944 bits per heavy atom. The molecule has 0 spiro atoms. The van der Waals surface area contributed by atoms with Crippen molar-refractivity contribution in [2.75, 3.05) is 14.2 Å². The normalized spacial score (nSPS) is 12.4. The van der Waals surface area contributed by atoms with E-state index in [0.29, 0.717) is 0 Å². The maximum Gasteiger partial charge on any atom is 0.160 e. The summed E-state index contributed by atoms with van der Waals surface area (Å²) in [7, 11) is 0.673. The van der Waals surface area contributed by atoms with Crippen molar-refractivity contribution >= 4 is 26.5 Å². The number of ether oxygens (including phenoxy) is 2. The maximum absolute atomic E-state index is 5.45. The summed E-state index contributed by atoms with van der Waals surface area (Å²) in [6, 6.07) is 4.41. The van der Waals surface area contributed by atoms with Gasteiger partial charge >= 0.3 is 0 Å². The average molecular weight is 283 g/mol. The van der Waals surface area contributed by atoms with E-state index in [9.17, 15) is 0 Å². The molecule has 102 valence electrons. The molecule has 0 N–H and O–H groups in total. The highest BCUT2D eigenvalue weighted by Crippen LogP contribution is 2.26. The zero-order valence-electron chi connectivity index (χ0n) is 13.0. The topological polar surface area (TPSA) is 18.5 Å². The highest BCUT2D eigenvalue weighted by atomic mass is 28.3. The fourth-order valence-electron chi connectivity index (χ4n) is 2.12. The molecule has 18 heavy (non-hydrogen) atoms. The van der Waals surface area contributed by atoms with Crippen molar-refractivity contribution in [2.24, 2.45) is 0 Å². The number of hydrogen-bond acceptors (Lipinski definition) is 2. The molecule has 0 amide bonds. The number of methoxy groups -OCH3 is 2. The second-order valence-corrected chi connectivity index (χ2v) is 16.8. The highest BCUT2D eigenvalue weighted by Gasteiger charge is 2.29. The van der Waals surface area contributed by atoms with Crippen LogP contribution >= 0.6 is 0 Å². The summed E-state index contributed by atoms with van der Waals surface area (Å²) in [6.45, 7) is 14.3. The molecule has 0 fully saturated rings. The molecule has 0 bridgehead atoms. The zero-order chi connectivity index (χ0) is 14.1. The van der Waals surface area contributed by atoms with Crippen LogP contribution in [0.1, 0.15) is 0 Å². The van der Waals surface area contributed by atoms with Gasteiger partial charge in [0.1, 0.15) is 0 Å². The standard InChI is InChI=1S/C14H26O2Si2/c1-15-11-9-13(17(3,4)5)14(18(6,7)8)10-12(11)16-2/h9-10H,1-8H3. The van der Waals surface area contributed by atoms with Crippen LogP contribution in [0.2, 0.25) is 39.3 Å². The number of hydrogen-bond donors (Lipinski definition) is 0. The lowest BCUT2D eigenvalue weighted by atomic mass is 10.3. The van der Waals surface area contributed by atoms with Crippen LogP contribution in [0.3, 0.4) is 0 Å². The van der Waals surface area contributed by atoms with Crippen LogP contribution in [-0.4, -0.2) is 30.4 Å². The van der Waals surface area contributed by atoms with Crippen LogP contribution in [-0.2, 0) is 0 Å². The Bertz CT molecular complexity index is 388. The van der Waals surface area contributed by atoms with Gasteiger partial charge in [0.25, 0.3) is 0 Å². The molecule has 1 aromatic rings. The molecule has 0 saturated carbocycles. The molecule has 0 saturated heterocycles. The minimum absolute atomic E-state index is 0.858. The van der Waals surface area contributed by atoms with E-state index in [0.717, 1.165) is 11.5 Å². The largest absolute Gasteiger partial charge is 0.493 e. The molecule has 0 aliphatic heterocycles. The smallest absolute Gasteiger partial charge is 0.160 e. The molecular formula is C14H26O2Si2. The number of rotatable bonds is 4. The summed E-state index contributed by atoms with van der Waals surface area (Å²) in [4.78, 5) is 0. The molecule has 0 atom stereocenters. The van der Waals surface area contributed by atoms with Crippen molar-refractivity contribution in [3.8, 4) is 11.5 Å². The van der Waals surface area contributed by atoms with E-state index < -0.39 is 16.1 Å². The van der Waals surface area contributed by atoms with Crippen molar-refractivity contribution < 1.29 is 9.47 Å². The summed E-state index contributed by atoms with van der Waals surface area (Å²) >= 11 is 0. The Balaban J connectivity index is 3.57. The third kappa shape index (κ3) is 3.17. The fourth-order valence-corrected chi connectivity index (χ4v) is 7.26. The van der Waals surface area contributed by atoms with Crippen LogP contribution < -0.4 is 19.8 Å². The van der Waals surface area contributed by atoms with E-state index in [2.05, 4.69) is 51.4 Å². The summed E-state index contributed by atoms with van der Waals surface area (Å²) in [5, 5.41) is 3.03. The molecule has 0 heterocycles. The first-order valence-electron chi connectivity index (χ1n) is 6.38. The van der Waals surface area contributed by atoms with Gasteiger partial charge in [0.15, 0.2) is 11.5 Å². The van der Waals surface area contributed by atoms with Gasteiger partial charge in [-0.25, -0.2) is 0 Å². The van der Waals surface area contributed by atoms with Gasteiger partial charge < -0.3 is 9.47 Å². The van der Waals surface area contributed by atoms with Crippen LogP contribution in [0, 0.1) is 0 Å². The van der Waals surface area contributed by atoms with Gasteiger partial charge in [0, 0.05) is 0 Å². The van der Waals surface area contributed by atoms with Crippen molar-refractivity contribution in [1.29, 1.82) is 0 Å². The van der Waals surface area contributed by atoms with Gasteiger partial charge in [-0.1, -0.05) is 49.7 Å². The lowest BCUT2D eigenvalue weighted by Crippen LogP contribution is -2.56. The monoisotopic (exact) mass is 282 g/mol. The van der Waals surface area contributed by atoms with Gasteiger partial charge in [0.2, 0.25) is 0 Å². The third-order valence-electron chi connectivity index (χ3n) is 3.14. The van der Waals surface area contributed by atoms with E-state index in [1.807, 2.05) is 0 Å². The third-order valence-corrected chi connectivity index (χ3v) is 7.45. The van der Waals surface area contributed by atoms with Crippen molar-refractivity contribution in [1.82, 2.24) is 0 Å². The minimum atomic E-state index is -1.37. The molecular weight excluding hydrogens is 256 g/mol. The van der Waals surface area contributed by atoms with E-state index in [-0.39, 0.29) is 0 Å². The lowest BCUT2D eigenvalue weighted by Gasteiger charge is -2.29. The molecule has 2 nitrogen and oxygen atoms in total. The second-order valence-electron chi connectivity index (χ2n) is 6.75. The predicted octanol–water partition coefficient (Wildman–Crippen LogP) is 2.79. The summed E-state index contributed by atoms with van der Waals surface area (Å²) in [5.74, 6) is 1.72. The quantitative estimate of drug-likeness (QED) is 0.791. The van der Waals surface area contributed by atoms with Gasteiger partial charge in [-0.3, -0.25) is 0 Å². The van der Waals surface area contributed by atoms with Crippen molar-refractivity contribution in [3.63, 3.8) is 0 Å². The van der Waals surface area contributed by atoms with E-state index >= 15 is 0 Å². The molecule has 0 unspecified atom stereocenters. The van der Waals surface area contributed by atoms with Gasteiger partial charge in [-0.05, 0) is 12.1 Å². The molecule has 0 aliphatic carbocycles. The van der Waals surface area contributed by atoms with E-state index in [1.54, 1.807) is 14.2 Å². The Morgan fingerprint density at radius 1 is 0.667 bits per heavy atom. The van der Waals surface area contributed by atoms with E-state index in [4.69, 9.17) is 9.47 Å². The Morgan fingerprint density at radius 3 is 1.11 bits per heavy atom. The van der Waals surface area contributed by atoms with Crippen LogP contribution in [0.25, 0.3) is 0 Å². The first kappa shape index (κ1) is 15.3. The van der Waals surface area contributed by atoms with E-state index in [1.165, 1.54) is 10.4 Å². The Kier molecular flexibility index (Phi) is 4.33. The fraction of sp³-hybridized carbons (Fsp3) is 0.571. The first-order chi connectivity index (χ1) is 8.11. The maximum atomic E-state index is 5.45.